The van der Waals surface area contributed by atoms with Gasteiger partial charge < -0.3 is 15.5 Å². The molecule has 2 aromatic carbocycles. The average molecular weight is 356 g/mol. The Hall–Kier alpha value is -3.14. The van der Waals surface area contributed by atoms with Crippen LogP contribution in [0.3, 0.4) is 0 Å². The molecule has 5 nitrogen and oxygen atoms in total. The number of nitriles is 1. The number of nitrogens with zero attached hydrogens (tertiary/aromatic N) is 2. The van der Waals surface area contributed by atoms with Gasteiger partial charge in [-0.1, -0.05) is 0 Å². The lowest BCUT2D eigenvalue weighted by Gasteiger charge is -2.20. The molecular weight excluding hydrogens is 338 g/mol. The zero-order valence-corrected chi connectivity index (χ0v) is 14.1. The fourth-order valence-electron chi connectivity index (χ4n) is 2.93. The molecule has 0 atom stereocenters. The number of hydrogen-bond acceptors (Lipinski definition) is 4. The van der Waals surface area contributed by atoms with Gasteiger partial charge in [0.2, 0.25) is 5.91 Å². The minimum absolute atomic E-state index is 0.0313. The van der Waals surface area contributed by atoms with Gasteiger partial charge in [-0.2, -0.15) is 5.26 Å². The van der Waals surface area contributed by atoms with Gasteiger partial charge in [0.05, 0.1) is 18.2 Å². The van der Waals surface area contributed by atoms with E-state index >= 15 is 0 Å². The third-order valence-electron chi connectivity index (χ3n) is 4.19. The van der Waals surface area contributed by atoms with Crippen molar-refractivity contribution in [1.29, 1.82) is 5.26 Å². The van der Waals surface area contributed by atoms with Gasteiger partial charge in [0.15, 0.2) is 11.6 Å². The molecule has 7 heteroatoms. The van der Waals surface area contributed by atoms with E-state index in [1.54, 1.807) is 29.2 Å². The van der Waals surface area contributed by atoms with E-state index in [1.807, 2.05) is 6.07 Å². The number of amides is 1. The van der Waals surface area contributed by atoms with Crippen LogP contribution in [-0.4, -0.2) is 25.5 Å². The summed E-state index contributed by atoms with van der Waals surface area (Å²) in [5.74, 6) is -1.79. The van der Waals surface area contributed by atoms with Gasteiger partial charge in [0.1, 0.15) is 5.69 Å². The van der Waals surface area contributed by atoms with Crippen LogP contribution in [-0.2, 0) is 4.79 Å². The SMILES string of the molecule is N#Cc1ccc(NCC(=O)Nc2cc(F)c(N3CCCC3)c(F)c2)cc1. The van der Waals surface area contributed by atoms with Crippen LogP contribution < -0.4 is 15.5 Å². The number of anilines is 3. The fourth-order valence-corrected chi connectivity index (χ4v) is 2.93. The maximum Gasteiger partial charge on any atom is 0.243 e. The molecule has 0 aliphatic carbocycles. The summed E-state index contributed by atoms with van der Waals surface area (Å²) in [6.45, 7) is 1.20. The quantitative estimate of drug-likeness (QED) is 0.861. The Labute approximate surface area is 150 Å². The lowest BCUT2D eigenvalue weighted by atomic mass is 10.2. The van der Waals surface area contributed by atoms with Gasteiger partial charge in [0, 0.05) is 24.5 Å². The van der Waals surface area contributed by atoms with E-state index in [2.05, 4.69) is 10.6 Å². The fraction of sp³-hybridized carbons (Fsp3) is 0.263. The molecule has 134 valence electrons. The molecule has 1 amide bonds. The largest absolute Gasteiger partial charge is 0.376 e. The minimum Gasteiger partial charge on any atom is -0.376 e. The zero-order chi connectivity index (χ0) is 18.5. The Balaban J connectivity index is 1.61. The molecule has 2 N–H and O–H groups in total. The molecule has 0 saturated carbocycles. The van der Waals surface area contributed by atoms with Crippen LogP contribution in [0.2, 0.25) is 0 Å². The number of halogens is 2. The van der Waals surface area contributed by atoms with Gasteiger partial charge in [-0.15, -0.1) is 0 Å². The third-order valence-corrected chi connectivity index (χ3v) is 4.19. The van der Waals surface area contributed by atoms with Crippen LogP contribution >= 0.6 is 0 Å². The van der Waals surface area contributed by atoms with Gasteiger partial charge >= 0.3 is 0 Å². The highest BCUT2D eigenvalue weighted by Gasteiger charge is 2.21. The van der Waals surface area contributed by atoms with Crippen LogP contribution in [0.15, 0.2) is 36.4 Å². The van der Waals surface area contributed by atoms with Gasteiger partial charge in [-0.05, 0) is 49.2 Å². The maximum atomic E-state index is 14.3. The Kier molecular flexibility index (Phi) is 5.32. The van der Waals surface area contributed by atoms with Crippen LogP contribution in [0.25, 0.3) is 0 Å². The summed E-state index contributed by atoms with van der Waals surface area (Å²) in [6, 6.07) is 10.9. The molecule has 1 aliphatic heterocycles. The van der Waals surface area contributed by atoms with E-state index in [9.17, 15) is 13.6 Å². The Morgan fingerprint density at radius 1 is 1.08 bits per heavy atom. The molecule has 0 bridgehead atoms. The normalized spacial score (nSPS) is 13.3. The Morgan fingerprint density at radius 3 is 2.27 bits per heavy atom. The van der Waals surface area contributed by atoms with Crippen molar-refractivity contribution in [2.75, 3.05) is 35.2 Å². The monoisotopic (exact) mass is 356 g/mol. The predicted molar refractivity (Wildman–Crippen MR) is 96.1 cm³/mol. The molecule has 0 aromatic heterocycles. The summed E-state index contributed by atoms with van der Waals surface area (Å²) < 4.78 is 28.5. The van der Waals surface area contributed by atoms with Crippen molar-refractivity contribution in [3.63, 3.8) is 0 Å². The number of carbonyl (C=O) groups is 1. The van der Waals surface area contributed by atoms with Crippen molar-refractivity contribution < 1.29 is 13.6 Å². The van der Waals surface area contributed by atoms with E-state index in [1.165, 1.54) is 0 Å². The molecule has 26 heavy (non-hydrogen) atoms. The lowest BCUT2D eigenvalue weighted by molar-refractivity contribution is -0.114. The molecule has 1 saturated heterocycles. The van der Waals surface area contributed by atoms with E-state index in [0.29, 0.717) is 24.3 Å². The van der Waals surface area contributed by atoms with Crippen LogP contribution in [0.5, 0.6) is 0 Å². The predicted octanol–water partition coefficient (Wildman–Crippen LogP) is 3.49. The zero-order valence-electron chi connectivity index (χ0n) is 14.1. The second-order valence-electron chi connectivity index (χ2n) is 6.07. The summed E-state index contributed by atoms with van der Waals surface area (Å²) in [7, 11) is 0. The highest BCUT2D eigenvalue weighted by molar-refractivity contribution is 5.94. The van der Waals surface area contributed by atoms with E-state index in [-0.39, 0.29) is 17.9 Å². The van der Waals surface area contributed by atoms with E-state index < -0.39 is 17.5 Å². The topological polar surface area (TPSA) is 68.2 Å². The summed E-state index contributed by atoms with van der Waals surface area (Å²) >= 11 is 0. The highest BCUT2D eigenvalue weighted by Crippen LogP contribution is 2.29. The van der Waals surface area contributed by atoms with Crippen molar-refractivity contribution in [2.24, 2.45) is 0 Å². The summed E-state index contributed by atoms with van der Waals surface area (Å²) in [5, 5.41) is 14.1. The summed E-state index contributed by atoms with van der Waals surface area (Å²) in [6.07, 6.45) is 1.83. The second kappa shape index (κ2) is 7.83. The van der Waals surface area contributed by atoms with Gasteiger partial charge in [-0.3, -0.25) is 4.79 Å². The highest BCUT2D eigenvalue weighted by atomic mass is 19.1. The van der Waals surface area contributed by atoms with Crippen molar-refractivity contribution in [3.8, 4) is 6.07 Å². The maximum absolute atomic E-state index is 14.3. The van der Waals surface area contributed by atoms with Crippen molar-refractivity contribution in [3.05, 3.63) is 53.6 Å². The third kappa shape index (κ3) is 4.09. The number of hydrogen-bond donors (Lipinski definition) is 2. The number of nitrogens with one attached hydrogen (secondary N) is 2. The lowest BCUT2D eigenvalue weighted by Crippen LogP contribution is -2.23. The first-order chi connectivity index (χ1) is 12.6. The molecule has 0 radical (unpaired) electrons. The van der Waals surface area contributed by atoms with Gasteiger partial charge in [0.25, 0.3) is 0 Å². The van der Waals surface area contributed by atoms with Crippen LogP contribution in [0.4, 0.5) is 25.8 Å². The summed E-state index contributed by atoms with van der Waals surface area (Å²) in [5.41, 5.74) is 1.23. The molecule has 0 spiro atoms. The Morgan fingerprint density at radius 2 is 1.69 bits per heavy atom. The number of benzene rings is 2. The standard InChI is InChI=1S/C19H18F2N4O/c20-16-9-15(10-17(21)19(16)25-7-1-2-8-25)24-18(26)12-23-14-5-3-13(11-22)4-6-14/h3-6,9-10,23H,1-2,7-8,12H2,(H,24,26). The van der Waals surface area contributed by atoms with Crippen LogP contribution in [0, 0.1) is 23.0 Å². The molecule has 1 fully saturated rings. The first kappa shape index (κ1) is 17.7. The second-order valence-corrected chi connectivity index (χ2v) is 6.07. The smallest absolute Gasteiger partial charge is 0.243 e. The van der Waals surface area contributed by atoms with Crippen molar-refractivity contribution in [1.82, 2.24) is 0 Å². The first-order valence-corrected chi connectivity index (χ1v) is 8.34. The van der Waals surface area contributed by atoms with E-state index in [4.69, 9.17) is 5.26 Å². The molecule has 1 aliphatic rings. The van der Waals surface area contributed by atoms with Crippen molar-refractivity contribution >= 4 is 23.0 Å². The molecular formula is C19H18F2N4O. The minimum atomic E-state index is -0.678. The molecule has 2 aromatic rings. The summed E-state index contributed by atoms with van der Waals surface area (Å²) in [4.78, 5) is 13.7. The number of carbonyl (C=O) groups excluding carboxylic acids is 1. The average Bonchev–Trinajstić information content (AvgIpc) is 3.14. The van der Waals surface area contributed by atoms with Crippen LogP contribution in [0.1, 0.15) is 18.4 Å². The first-order valence-electron chi connectivity index (χ1n) is 8.34. The Bertz CT molecular complexity index is 817. The number of rotatable bonds is 5. The molecule has 0 unspecified atom stereocenters. The molecule has 3 rings (SSSR count). The van der Waals surface area contributed by atoms with E-state index in [0.717, 1.165) is 25.0 Å². The molecule has 1 heterocycles. The van der Waals surface area contributed by atoms with Crippen molar-refractivity contribution in [2.45, 2.75) is 12.8 Å². The van der Waals surface area contributed by atoms with Gasteiger partial charge in [-0.25, -0.2) is 8.78 Å².